The predicted octanol–water partition coefficient (Wildman–Crippen LogP) is 2.50. The average Bonchev–Trinajstić information content (AvgIpc) is 2.54. The Hall–Kier alpha value is -0.730. The minimum Gasteiger partial charge on any atom is -0.508 e. The summed E-state index contributed by atoms with van der Waals surface area (Å²) < 4.78 is 0. The van der Waals surface area contributed by atoms with Crippen LogP contribution in [0, 0.1) is 5.41 Å². The molecular formula is C11H14ClNO. The Morgan fingerprint density at radius 2 is 2.00 bits per heavy atom. The van der Waals surface area contributed by atoms with Crippen molar-refractivity contribution in [2.24, 2.45) is 11.1 Å². The number of aromatic hydroxyl groups is 1. The lowest BCUT2D eigenvalue weighted by Crippen LogP contribution is -2.06. The fraction of sp³-hybridized carbons (Fsp3) is 0.455. The van der Waals surface area contributed by atoms with E-state index < -0.39 is 0 Å². The van der Waals surface area contributed by atoms with Crippen molar-refractivity contribution in [3.05, 3.63) is 28.8 Å². The number of hydrogen-bond acceptors (Lipinski definition) is 2. The summed E-state index contributed by atoms with van der Waals surface area (Å²) in [5.41, 5.74) is 7.13. The zero-order valence-electron chi connectivity index (χ0n) is 8.29. The SMILES string of the molecule is CC1(C)[C@H](N)[C@H]1c1ccc(O)cc1Cl. The largest absolute Gasteiger partial charge is 0.508 e. The average molecular weight is 212 g/mol. The number of nitrogens with two attached hydrogens (primary N) is 1. The Morgan fingerprint density at radius 3 is 2.43 bits per heavy atom. The van der Waals surface area contributed by atoms with Crippen LogP contribution in [0.25, 0.3) is 0 Å². The number of halogens is 1. The molecule has 2 atom stereocenters. The van der Waals surface area contributed by atoms with Gasteiger partial charge in [-0.25, -0.2) is 0 Å². The molecule has 3 N–H and O–H groups in total. The van der Waals surface area contributed by atoms with Gasteiger partial charge in [0.1, 0.15) is 5.75 Å². The fourth-order valence-electron chi connectivity index (χ4n) is 2.04. The maximum Gasteiger partial charge on any atom is 0.117 e. The molecule has 1 aromatic carbocycles. The monoisotopic (exact) mass is 211 g/mol. The molecule has 0 aliphatic heterocycles. The van der Waals surface area contributed by atoms with Crippen LogP contribution in [0.5, 0.6) is 5.75 Å². The quantitative estimate of drug-likeness (QED) is 0.750. The third kappa shape index (κ3) is 1.30. The molecule has 0 saturated heterocycles. The first-order valence-electron chi connectivity index (χ1n) is 4.68. The van der Waals surface area contributed by atoms with E-state index in [1.165, 1.54) is 0 Å². The lowest BCUT2D eigenvalue weighted by Gasteiger charge is -2.05. The molecule has 1 aliphatic carbocycles. The second-order valence-electron chi connectivity index (χ2n) is 4.53. The van der Waals surface area contributed by atoms with Gasteiger partial charge in [-0.1, -0.05) is 31.5 Å². The first kappa shape index (κ1) is 9.81. The van der Waals surface area contributed by atoms with Crippen LogP contribution in [0.4, 0.5) is 0 Å². The molecule has 0 unspecified atom stereocenters. The summed E-state index contributed by atoms with van der Waals surface area (Å²) in [4.78, 5) is 0. The van der Waals surface area contributed by atoms with E-state index in [1.807, 2.05) is 6.07 Å². The maximum atomic E-state index is 9.22. The van der Waals surface area contributed by atoms with Gasteiger partial charge < -0.3 is 10.8 Å². The Bertz CT molecular complexity index is 376. The number of hydrogen-bond donors (Lipinski definition) is 2. The minimum atomic E-state index is 0.126. The summed E-state index contributed by atoms with van der Waals surface area (Å²) in [5, 5.41) is 9.83. The lowest BCUT2D eigenvalue weighted by molar-refractivity contribution is 0.475. The molecule has 1 aliphatic rings. The van der Waals surface area contributed by atoms with Gasteiger partial charge in [0, 0.05) is 17.0 Å². The van der Waals surface area contributed by atoms with Crippen molar-refractivity contribution in [2.75, 3.05) is 0 Å². The molecule has 14 heavy (non-hydrogen) atoms. The van der Waals surface area contributed by atoms with Gasteiger partial charge >= 0.3 is 0 Å². The molecule has 2 rings (SSSR count). The van der Waals surface area contributed by atoms with Gasteiger partial charge in [0.05, 0.1) is 0 Å². The highest BCUT2D eigenvalue weighted by Gasteiger charge is 2.56. The van der Waals surface area contributed by atoms with Gasteiger partial charge in [-0.3, -0.25) is 0 Å². The summed E-state index contributed by atoms with van der Waals surface area (Å²) in [6.07, 6.45) is 0. The van der Waals surface area contributed by atoms with Crippen LogP contribution in [0.15, 0.2) is 18.2 Å². The molecule has 0 heterocycles. The van der Waals surface area contributed by atoms with Crippen molar-refractivity contribution in [1.82, 2.24) is 0 Å². The highest BCUT2D eigenvalue weighted by atomic mass is 35.5. The highest BCUT2D eigenvalue weighted by molar-refractivity contribution is 6.31. The molecule has 0 aromatic heterocycles. The van der Waals surface area contributed by atoms with Crippen LogP contribution < -0.4 is 5.73 Å². The van der Waals surface area contributed by atoms with Crippen LogP contribution in [0.3, 0.4) is 0 Å². The van der Waals surface area contributed by atoms with Gasteiger partial charge in [-0.2, -0.15) is 0 Å². The van der Waals surface area contributed by atoms with Gasteiger partial charge in [-0.15, -0.1) is 0 Å². The Morgan fingerprint density at radius 1 is 1.43 bits per heavy atom. The summed E-state index contributed by atoms with van der Waals surface area (Å²) in [7, 11) is 0. The minimum absolute atomic E-state index is 0.126. The first-order chi connectivity index (χ1) is 6.44. The van der Waals surface area contributed by atoms with Crippen LogP contribution >= 0.6 is 11.6 Å². The molecule has 0 bridgehead atoms. The third-order valence-corrected chi connectivity index (χ3v) is 3.56. The van der Waals surface area contributed by atoms with Gasteiger partial charge in [0.25, 0.3) is 0 Å². The molecule has 0 radical (unpaired) electrons. The third-order valence-electron chi connectivity index (χ3n) is 3.23. The van der Waals surface area contributed by atoms with Crippen LogP contribution in [-0.4, -0.2) is 11.1 Å². The predicted molar refractivity (Wildman–Crippen MR) is 57.6 cm³/mol. The Kier molecular flexibility index (Phi) is 2.02. The second kappa shape index (κ2) is 2.88. The van der Waals surface area contributed by atoms with Crippen molar-refractivity contribution in [3.8, 4) is 5.75 Å². The van der Waals surface area contributed by atoms with E-state index in [-0.39, 0.29) is 17.2 Å². The fourth-order valence-corrected chi connectivity index (χ4v) is 2.33. The molecule has 1 saturated carbocycles. The Labute approximate surface area is 88.7 Å². The molecule has 2 nitrogen and oxygen atoms in total. The molecule has 3 heteroatoms. The molecule has 1 fully saturated rings. The Balaban J connectivity index is 2.36. The van der Waals surface area contributed by atoms with E-state index in [0.717, 1.165) is 5.56 Å². The molecule has 0 amide bonds. The molecule has 1 aromatic rings. The topological polar surface area (TPSA) is 46.2 Å². The van der Waals surface area contributed by atoms with Crippen LogP contribution in [0.1, 0.15) is 25.3 Å². The zero-order chi connectivity index (χ0) is 10.5. The van der Waals surface area contributed by atoms with Crippen molar-refractivity contribution in [3.63, 3.8) is 0 Å². The van der Waals surface area contributed by atoms with Gasteiger partial charge in [0.2, 0.25) is 0 Å². The first-order valence-corrected chi connectivity index (χ1v) is 5.06. The van der Waals surface area contributed by atoms with Crippen LogP contribution in [0.2, 0.25) is 5.02 Å². The van der Waals surface area contributed by atoms with Crippen molar-refractivity contribution < 1.29 is 5.11 Å². The van der Waals surface area contributed by atoms with Crippen molar-refractivity contribution >= 4 is 11.6 Å². The normalized spacial score (nSPS) is 28.9. The van der Waals surface area contributed by atoms with E-state index in [4.69, 9.17) is 17.3 Å². The summed E-state index contributed by atoms with van der Waals surface area (Å²) in [5.74, 6) is 0.515. The second-order valence-corrected chi connectivity index (χ2v) is 4.94. The molecule has 76 valence electrons. The summed E-state index contributed by atoms with van der Waals surface area (Å²) in [6.45, 7) is 4.26. The van der Waals surface area contributed by atoms with E-state index in [9.17, 15) is 5.11 Å². The number of phenols is 1. The number of phenolic OH excluding ortho intramolecular Hbond substituents is 1. The van der Waals surface area contributed by atoms with Crippen LogP contribution in [-0.2, 0) is 0 Å². The zero-order valence-corrected chi connectivity index (χ0v) is 9.05. The van der Waals surface area contributed by atoms with Gasteiger partial charge in [-0.05, 0) is 23.1 Å². The van der Waals surface area contributed by atoms with Crippen molar-refractivity contribution in [1.29, 1.82) is 0 Å². The van der Waals surface area contributed by atoms with E-state index in [0.29, 0.717) is 10.9 Å². The molecular weight excluding hydrogens is 198 g/mol. The van der Waals surface area contributed by atoms with E-state index in [1.54, 1.807) is 12.1 Å². The highest BCUT2D eigenvalue weighted by Crippen LogP contribution is 2.58. The lowest BCUT2D eigenvalue weighted by atomic mass is 10.0. The van der Waals surface area contributed by atoms with E-state index >= 15 is 0 Å². The number of benzene rings is 1. The summed E-state index contributed by atoms with van der Waals surface area (Å²) >= 11 is 6.04. The summed E-state index contributed by atoms with van der Waals surface area (Å²) in [6, 6.07) is 5.25. The maximum absolute atomic E-state index is 9.22. The number of rotatable bonds is 1. The smallest absolute Gasteiger partial charge is 0.117 e. The van der Waals surface area contributed by atoms with E-state index in [2.05, 4.69) is 13.8 Å². The molecule has 0 spiro atoms. The standard InChI is InChI=1S/C11H14ClNO/c1-11(2)9(10(11)13)7-4-3-6(14)5-8(7)12/h3-5,9-10,14H,13H2,1-2H3/t9-,10-/m1/s1. The van der Waals surface area contributed by atoms with Gasteiger partial charge in [0.15, 0.2) is 0 Å². The van der Waals surface area contributed by atoms with Crippen molar-refractivity contribution in [2.45, 2.75) is 25.8 Å².